The van der Waals surface area contributed by atoms with Gasteiger partial charge in [0.2, 0.25) is 5.91 Å². The van der Waals surface area contributed by atoms with E-state index in [1.807, 2.05) is 0 Å². The average molecular weight is 254 g/mol. The molecule has 0 aromatic carbocycles. The topological polar surface area (TPSA) is 41.6 Å². The van der Waals surface area contributed by atoms with Crippen LogP contribution in [0, 0.1) is 11.3 Å². The number of rotatable bonds is 4. The van der Waals surface area contributed by atoms with Crippen molar-refractivity contribution < 1.29 is 9.53 Å². The van der Waals surface area contributed by atoms with Gasteiger partial charge in [0.25, 0.3) is 0 Å². The van der Waals surface area contributed by atoms with E-state index in [2.05, 4.69) is 19.2 Å². The van der Waals surface area contributed by atoms with Crippen molar-refractivity contribution in [2.75, 3.05) is 27.2 Å². The van der Waals surface area contributed by atoms with Crippen molar-refractivity contribution in [3.8, 4) is 0 Å². The molecule has 1 aliphatic heterocycles. The molecule has 3 atom stereocenters. The summed E-state index contributed by atoms with van der Waals surface area (Å²) in [5.41, 5.74) is 0.201. The molecule has 0 aromatic heterocycles. The second-order valence-corrected chi connectivity index (χ2v) is 6.39. The lowest BCUT2D eigenvalue weighted by atomic mass is 9.55. The summed E-state index contributed by atoms with van der Waals surface area (Å²) < 4.78 is 5.87. The Labute approximate surface area is 110 Å². The molecule has 2 aliphatic rings. The Kier molecular flexibility index (Phi) is 3.97. The molecule has 1 heterocycles. The van der Waals surface area contributed by atoms with Crippen molar-refractivity contribution in [1.29, 1.82) is 0 Å². The summed E-state index contributed by atoms with van der Waals surface area (Å²) in [7, 11) is 3.61. The van der Waals surface area contributed by atoms with Crippen molar-refractivity contribution in [2.45, 2.75) is 45.3 Å². The van der Waals surface area contributed by atoms with E-state index in [1.165, 1.54) is 12.8 Å². The molecule has 0 aromatic rings. The van der Waals surface area contributed by atoms with Crippen LogP contribution in [0.2, 0.25) is 0 Å². The maximum atomic E-state index is 11.5. The average Bonchev–Trinajstić information content (AvgIpc) is 2.34. The Balaban J connectivity index is 1.80. The van der Waals surface area contributed by atoms with Crippen LogP contribution in [0.3, 0.4) is 0 Å². The second kappa shape index (κ2) is 5.17. The number of nitrogens with zero attached hydrogens (tertiary/aromatic N) is 1. The highest BCUT2D eigenvalue weighted by atomic mass is 16.5. The van der Waals surface area contributed by atoms with E-state index < -0.39 is 0 Å². The third kappa shape index (κ3) is 2.41. The van der Waals surface area contributed by atoms with Gasteiger partial charge in [0.05, 0.1) is 6.10 Å². The number of carbonyl (C=O) groups is 1. The summed E-state index contributed by atoms with van der Waals surface area (Å²) >= 11 is 0. The molecule has 1 aliphatic carbocycles. The minimum absolute atomic E-state index is 0.191. The summed E-state index contributed by atoms with van der Waals surface area (Å²) in [5.74, 6) is 0.833. The largest absolute Gasteiger partial charge is 0.377 e. The van der Waals surface area contributed by atoms with Crippen molar-refractivity contribution in [3.05, 3.63) is 0 Å². The summed E-state index contributed by atoms with van der Waals surface area (Å²) in [4.78, 5) is 13.2. The number of ether oxygens (including phenoxy) is 1. The zero-order valence-electron chi connectivity index (χ0n) is 12.0. The number of carbonyl (C=O) groups excluding carboxylic acids is 1. The van der Waals surface area contributed by atoms with E-state index in [0.717, 1.165) is 13.2 Å². The third-order valence-corrected chi connectivity index (χ3v) is 4.53. The van der Waals surface area contributed by atoms with E-state index in [1.54, 1.807) is 19.0 Å². The standard InChI is InChI=1S/C14H26N2O2/c1-14(2)12(10-6-5-9-18-13(10)14)15-8-7-11(17)16(3)4/h10,12-13,15H,5-9H2,1-4H3. The van der Waals surface area contributed by atoms with Crippen LogP contribution in [0.5, 0.6) is 0 Å². The summed E-state index contributed by atoms with van der Waals surface area (Å²) in [6.45, 7) is 6.22. The van der Waals surface area contributed by atoms with Crippen molar-refractivity contribution in [1.82, 2.24) is 10.2 Å². The van der Waals surface area contributed by atoms with Gasteiger partial charge in [-0.25, -0.2) is 0 Å². The molecule has 104 valence electrons. The van der Waals surface area contributed by atoms with Crippen molar-refractivity contribution >= 4 is 5.91 Å². The van der Waals surface area contributed by atoms with Gasteiger partial charge in [-0.2, -0.15) is 0 Å². The van der Waals surface area contributed by atoms with Crippen LogP contribution in [-0.2, 0) is 9.53 Å². The molecule has 1 saturated carbocycles. The molecule has 1 saturated heterocycles. The molecule has 4 heteroatoms. The number of hydrogen-bond donors (Lipinski definition) is 1. The fourth-order valence-corrected chi connectivity index (χ4v) is 3.50. The maximum absolute atomic E-state index is 11.5. The van der Waals surface area contributed by atoms with Gasteiger partial charge in [-0.3, -0.25) is 4.79 Å². The molecule has 3 unspecified atom stereocenters. The quantitative estimate of drug-likeness (QED) is 0.821. The molecule has 2 rings (SSSR count). The van der Waals surface area contributed by atoms with Crippen LogP contribution in [0.15, 0.2) is 0 Å². The Morgan fingerprint density at radius 3 is 2.83 bits per heavy atom. The van der Waals surface area contributed by atoms with Crippen molar-refractivity contribution in [3.63, 3.8) is 0 Å². The highest BCUT2D eigenvalue weighted by Gasteiger charge is 2.57. The number of fused-ring (bicyclic) bond motifs is 1. The zero-order chi connectivity index (χ0) is 13.3. The van der Waals surface area contributed by atoms with E-state index in [0.29, 0.717) is 24.5 Å². The van der Waals surface area contributed by atoms with Crippen LogP contribution in [-0.4, -0.2) is 50.2 Å². The number of amides is 1. The Bertz CT molecular complexity index is 315. The Morgan fingerprint density at radius 2 is 2.17 bits per heavy atom. The van der Waals surface area contributed by atoms with Crippen LogP contribution >= 0.6 is 0 Å². The molecule has 1 N–H and O–H groups in total. The van der Waals surface area contributed by atoms with Gasteiger partial charge in [0, 0.05) is 51.0 Å². The number of nitrogens with one attached hydrogen (secondary N) is 1. The molecule has 1 amide bonds. The van der Waals surface area contributed by atoms with Gasteiger partial charge >= 0.3 is 0 Å². The first-order valence-corrected chi connectivity index (χ1v) is 6.99. The fraction of sp³-hybridized carbons (Fsp3) is 0.929. The molecule has 0 spiro atoms. The minimum atomic E-state index is 0.191. The zero-order valence-corrected chi connectivity index (χ0v) is 12.0. The maximum Gasteiger partial charge on any atom is 0.223 e. The molecule has 18 heavy (non-hydrogen) atoms. The molecular formula is C14H26N2O2. The molecule has 4 nitrogen and oxygen atoms in total. The van der Waals surface area contributed by atoms with Gasteiger partial charge in [-0.1, -0.05) is 13.8 Å². The normalized spacial score (nSPS) is 33.4. The van der Waals surface area contributed by atoms with Crippen LogP contribution in [0.4, 0.5) is 0 Å². The van der Waals surface area contributed by atoms with E-state index in [4.69, 9.17) is 4.74 Å². The van der Waals surface area contributed by atoms with Gasteiger partial charge in [-0.15, -0.1) is 0 Å². The Morgan fingerprint density at radius 1 is 1.44 bits per heavy atom. The SMILES string of the molecule is CN(C)C(=O)CCNC1C2CCCOC2C1(C)C. The second-order valence-electron chi connectivity index (χ2n) is 6.39. The van der Waals surface area contributed by atoms with Crippen LogP contribution in [0.1, 0.15) is 33.1 Å². The lowest BCUT2D eigenvalue weighted by Gasteiger charge is -2.60. The molecular weight excluding hydrogens is 228 g/mol. The predicted molar refractivity (Wildman–Crippen MR) is 71.3 cm³/mol. The first kappa shape index (κ1) is 13.8. The summed E-state index contributed by atoms with van der Waals surface area (Å²) in [5, 5.41) is 3.57. The lowest BCUT2D eigenvalue weighted by molar-refractivity contribution is -0.192. The first-order valence-electron chi connectivity index (χ1n) is 6.99. The molecule has 0 bridgehead atoms. The van der Waals surface area contributed by atoms with Crippen LogP contribution < -0.4 is 5.32 Å². The van der Waals surface area contributed by atoms with Crippen LogP contribution in [0.25, 0.3) is 0 Å². The molecule has 0 radical (unpaired) electrons. The highest BCUT2D eigenvalue weighted by molar-refractivity contribution is 5.75. The molecule has 2 fully saturated rings. The lowest BCUT2D eigenvalue weighted by Crippen LogP contribution is -2.69. The van der Waals surface area contributed by atoms with Gasteiger partial charge in [-0.05, 0) is 12.8 Å². The third-order valence-electron chi connectivity index (χ3n) is 4.53. The predicted octanol–water partition coefficient (Wildman–Crippen LogP) is 1.26. The van der Waals surface area contributed by atoms with Gasteiger partial charge in [0.1, 0.15) is 0 Å². The summed E-state index contributed by atoms with van der Waals surface area (Å²) in [6.07, 6.45) is 3.42. The van der Waals surface area contributed by atoms with Crippen molar-refractivity contribution in [2.24, 2.45) is 11.3 Å². The fourth-order valence-electron chi connectivity index (χ4n) is 3.50. The number of hydrogen-bond acceptors (Lipinski definition) is 3. The monoisotopic (exact) mass is 254 g/mol. The first-order chi connectivity index (χ1) is 8.44. The van der Waals surface area contributed by atoms with E-state index >= 15 is 0 Å². The summed E-state index contributed by atoms with van der Waals surface area (Å²) in [6, 6.07) is 0.498. The Hall–Kier alpha value is -0.610. The van der Waals surface area contributed by atoms with Gasteiger partial charge in [0.15, 0.2) is 0 Å². The highest BCUT2D eigenvalue weighted by Crippen LogP contribution is 2.51. The smallest absolute Gasteiger partial charge is 0.223 e. The minimum Gasteiger partial charge on any atom is -0.377 e. The van der Waals surface area contributed by atoms with Gasteiger partial charge < -0.3 is 15.0 Å². The van der Waals surface area contributed by atoms with E-state index in [-0.39, 0.29) is 11.3 Å². The van der Waals surface area contributed by atoms with E-state index in [9.17, 15) is 4.79 Å².